The number of ether oxygens (including phenoxy) is 2. The predicted molar refractivity (Wildman–Crippen MR) is 127 cm³/mol. The van der Waals surface area contributed by atoms with Gasteiger partial charge in [-0.05, 0) is 74.6 Å². The van der Waals surface area contributed by atoms with Gasteiger partial charge in [-0.3, -0.25) is 9.69 Å². The first kappa shape index (κ1) is 20.2. The summed E-state index contributed by atoms with van der Waals surface area (Å²) in [4.78, 5) is 16.0. The van der Waals surface area contributed by atoms with Crippen LogP contribution in [0.3, 0.4) is 0 Å². The highest BCUT2D eigenvalue weighted by atomic mass is 16.5. The van der Waals surface area contributed by atoms with Crippen molar-refractivity contribution in [1.82, 2.24) is 4.90 Å². The molecule has 2 aliphatic heterocycles. The first-order chi connectivity index (χ1) is 16.2. The van der Waals surface area contributed by atoms with E-state index >= 15 is 0 Å². The van der Waals surface area contributed by atoms with Crippen LogP contribution < -0.4 is 4.74 Å². The van der Waals surface area contributed by atoms with E-state index in [0.717, 1.165) is 56.9 Å². The average Bonchev–Trinajstić information content (AvgIpc) is 3.59. The maximum absolute atomic E-state index is 13.3. The van der Waals surface area contributed by atoms with Crippen LogP contribution >= 0.6 is 0 Å². The Kier molecular flexibility index (Phi) is 4.54. The predicted octanol–water partition coefficient (Wildman–Crippen LogP) is 4.48. The minimum Gasteiger partial charge on any atom is -0.481 e. The van der Waals surface area contributed by atoms with Crippen LogP contribution in [-0.2, 0) is 27.8 Å². The number of piperidine rings is 1. The molecule has 4 nitrogen and oxygen atoms in total. The Bertz CT molecular complexity index is 1080. The standard InChI is InChI=1S/C29H33NO3/c31-23-13-14-29(32-17-5-8-20-6-2-1-3-7-20)25-18-22-9-4-10-24-26(22)28(29,27(23)33-24)15-16-30(25)19-21-11-12-21/h1-4,6-7,9-10,21,25,27H,5,8,11-19H2/t25?,27?,28-,29+/m0/s1. The number of Topliss-reactive ketones (excluding diaryl/α,β-unsaturated/α-hetero) is 1. The molecule has 4 heteroatoms. The molecule has 1 spiro atoms. The molecule has 3 fully saturated rings. The van der Waals surface area contributed by atoms with E-state index in [2.05, 4.69) is 53.4 Å². The molecule has 7 rings (SSSR count). The Hall–Kier alpha value is -2.17. The van der Waals surface area contributed by atoms with Gasteiger partial charge in [-0.2, -0.15) is 0 Å². The largest absolute Gasteiger partial charge is 0.481 e. The SMILES string of the molecule is O=C1CC[C@@]2(OCCCc3ccccc3)C3Cc4cccc5c4[C@@]2(CCN3CC2CC2)C1O5. The number of rotatable bonds is 7. The zero-order valence-corrected chi connectivity index (χ0v) is 19.3. The van der Waals surface area contributed by atoms with Crippen LogP contribution in [0.4, 0.5) is 0 Å². The number of nitrogens with zero attached hydrogens (tertiary/aromatic N) is 1. The van der Waals surface area contributed by atoms with Gasteiger partial charge in [0.2, 0.25) is 0 Å². The Morgan fingerprint density at radius 1 is 1.06 bits per heavy atom. The van der Waals surface area contributed by atoms with Gasteiger partial charge in [-0.15, -0.1) is 0 Å². The fourth-order valence-electron chi connectivity index (χ4n) is 7.67. The second kappa shape index (κ2) is 7.41. The lowest BCUT2D eigenvalue weighted by molar-refractivity contribution is -0.213. The minimum absolute atomic E-state index is 0.275. The second-order valence-corrected chi connectivity index (χ2v) is 11.0. The van der Waals surface area contributed by atoms with Gasteiger partial charge in [0.05, 0.1) is 11.0 Å². The van der Waals surface area contributed by atoms with Gasteiger partial charge in [0, 0.05) is 31.2 Å². The Labute approximate surface area is 196 Å². The van der Waals surface area contributed by atoms with E-state index < -0.39 is 0 Å². The number of ketones is 1. The van der Waals surface area contributed by atoms with Gasteiger partial charge >= 0.3 is 0 Å². The smallest absolute Gasteiger partial charge is 0.174 e. The van der Waals surface area contributed by atoms with Crippen molar-refractivity contribution < 1.29 is 14.3 Å². The Morgan fingerprint density at radius 3 is 2.79 bits per heavy atom. The fourth-order valence-corrected chi connectivity index (χ4v) is 7.67. The molecular weight excluding hydrogens is 410 g/mol. The van der Waals surface area contributed by atoms with E-state index in [0.29, 0.717) is 12.5 Å². The lowest BCUT2D eigenvalue weighted by Crippen LogP contribution is -2.77. The third-order valence-electron chi connectivity index (χ3n) is 9.23. The Morgan fingerprint density at radius 2 is 1.94 bits per heavy atom. The van der Waals surface area contributed by atoms with Crippen molar-refractivity contribution in [3.63, 3.8) is 0 Å². The van der Waals surface area contributed by atoms with Crippen molar-refractivity contribution >= 4 is 5.78 Å². The summed E-state index contributed by atoms with van der Waals surface area (Å²) in [7, 11) is 0. The van der Waals surface area contributed by atoms with E-state index in [1.165, 1.54) is 36.1 Å². The van der Waals surface area contributed by atoms with Crippen LogP contribution in [0.15, 0.2) is 48.5 Å². The van der Waals surface area contributed by atoms with Crippen LogP contribution in [0, 0.1) is 5.92 Å². The number of benzene rings is 2. The summed E-state index contributed by atoms with van der Waals surface area (Å²) in [6, 6.07) is 17.5. The number of carbonyl (C=O) groups is 1. The van der Waals surface area contributed by atoms with Crippen molar-refractivity contribution in [1.29, 1.82) is 0 Å². The van der Waals surface area contributed by atoms with E-state index in [4.69, 9.17) is 9.47 Å². The zero-order valence-electron chi connectivity index (χ0n) is 19.3. The lowest BCUT2D eigenvalue weighted by atomic mass is 9.48. The highest BCUT2D eigenvalue weighted by Gasteiger charge is 2.73. The van der Waals surface area contributed by atoms with Gasteiger partial charge in [0.1, 0.15) is 5.75 Å². The highest BCUT2D eigenvalue weighted by Crippen LogP contribution is 2.64. The molecule has 1 saturated heterocycles. The van der Waals surface area contributed by atoms with Gasteiger partial charge in [0.15, 0.2) is 11.9 Å². The Balaban J connectivity index is 1.26. The first-order valence-electron chi connectivity index (χ1n) is 12.9. The second-order valence-electron chi connectivity index (χ2n) is 11.0. The monoisotopic (exact) mass is 443 g/mol. The van der Waals surface area contributed by atoms with Crippen LogP contribution in [-0.4, -0.2) is 48.1 Å². The number of aryl methyl sites for hydroxylation is 1. The molecule has 2 heterocycles. The molecule has 3 aliphatic carbocycles. The van der Waals surface area contributed by atoms with Crippen LogP contribution in [0.2, 0.25) is 0 Å². The minimum atomic E-state index is -0.373. The summed E-state index contributed by atoms with van der Waals surface area (Å²) in [5.41, 5.74) is 3.43. The average molecular weight is 444 g/mol. The molecule has 172 valence electrons. The first-order valence-corrected chi connectivity index (χ1v) is 12.9. The normalized spacial score (nSPS) is 34.1. The van der Waals surface area contributed by atoms with E-state index in [1.54, 1.807) is 0 Å². The van der Waals surface area contributed by atoms with Crippen molar-refractivity contribution in [3.8, 4) is 5.75 Å². The fraction of sp³-hybridized carbons (Fsp3) is 0.552. The molecule has 33 heavy (non-hydrogen) atoms. The van der Waals surface area contributed by atoms with Crippen molar-refractivity contribution in [3.05, 3.63) is 65.2 Å². The summed E-state index contributed by atoms with van der Waals surface area (Å²) in [6.07, 6.45) is 7.78. The molecule has 0 N–H and O–H groups in total. The summed E-state index contributed by atoms with van der Waals surface area (Å²) in [6.45, 7) is 2.98. The summed E-state index contributed by atoms with van der Waals surface area (Å²) in [5.74, 6) is 2.07. The summed E-state index contributed by atoms with van der Waals surface area (Å²) in [5, 5.41) is 0. The van der Waals surface area contributed by atoms with E-state index in [1.807, 2.05) is 0 Å². The maximum atomic E-state index is 13.3. The molecule has 2 saturated carbocycles. The number of carbonyl (C=O) groups excluding carboxylic acids is 1. The molecule has 4 atom stereocenters. The van der Waals surface area contributed by atoms with Crippen molar-refractivity contribution in [2.75, 3.05) is 19.7 Å². The van der Waals surface area contributed by atoms with E-state index in [9.17, 15) is 4.79 Å². The number of hydrogen-bond donors (Lipinski definition) is 0. The van der Waals surface area contributed by atoms with Gasteiger partial charge < -0.3 is 9.47 Å². The topological polar surface area (TPSA) is 38.8 Å². The summed E-state index contributed by atoms with van der Waals surface area (Å²) >= 11 is 0. The van der Waals surface area contributed by atoms with Gasteiger partial charge in [0.25, 0.3) is 0 Å². The number of likely N-dealkylation sites (tertiary alicyclic amines) is 1. The maximum Gasteiger partial charge on any atom is 0.174 e. The molecule has 2 bridgehead atoms. The molecule has 0 amide bonds. The quantitative estimate of drug-likeness (QED) is 0.592. The lowest BCUT2D eigenvalue weighted by Gasteiger charge is -2.64. The summed E-state index contributed by atoms with van der Waals surface area (Å²) < 4.78 is 13.6. The molecular formula is C29H33NO3. The van der Waals surface area contributed by atoms with Crippen LogP contribution in [0.1, 0.15) is 55.2 Å². The molecule has 2 unspecified atom stereocenters. The van der Waals surface area contributed by atoms with E-state index in [-0.39, 0.29) is 22.9 Å². The van der Waals surface area contributed by atoms with Crippen LogP contribution in [0.25, 0.3) is 0 Å². The highest BCUT2D eigenvalue weighted by molar-refractivity contribution is 5.89. The molecule has 2 aromatic carbocycles. The van der Waals surface area contributed by atoms with Crippen molar-refractivity contribution in [2.24, 2.45) is 5.92 Å². The van der Waals surface area contributed by atoms with Crippen LogP contribution in [0.5, 0.6) is 5.75 Å². The van der Waals surface area contributed by atoms with Gasteiger partial charge in [-0.25, -0.2) is 0 Å². The van der Waals surface area contributed by atoms with Crippen molar-refractivity contribution in [2.45, 2.75) is 74.5 Å². The molecule has 0 radical (unpaired) electrons. The number of hydrogen-bond acceptors (Lipinski definition) is 4. The van der Waals surface area contributed by atoms with Gasteiger partial charge in [-0.1, -0.05) is 42.5 Å². The molecule has 0 aromatic heterocycles. The molecule has 2 aromatic rings. The zero-order chi connectivity index (χ0) is 22.0. The third kappa shape index (κ3) is 2.86. The molecule has 5 aliphatic rings. The third-order valence-corrected chi connectivity index (χ3v) is 9.23.